The highest BCUT2D eigenvalue weighted by molar-refractivity contribution is 5.94. The summed E-state index contributed by atoms with van der Waals surface area (Å²) in [4.78, 5) is 57.1. The first-order valence-corrected chi connectivity index (χ1v) is 20.7. The summed E-state index contributed by atoms with van der Waals surface area (Å²) in [6, 6.07) is 6.89. The number of anilines is 1. The normalized spacial score (nSPS) is 26.6. The molecule has 14 heteroatoms. The second kappa shape index (κ2) is 21.4. The number of carbonyl (C=O) groups excluding carboxylic acids is 4. The van der Waals surface area contributed by atoms with Crippen molar-refractivity contribution in [3.05, 3.63) is 36.0 Å². The molecule has 14 nitrogen and oxygen atoms in total. The zero-order valence-electron chi connectivity index (χ0n) is 36.3. The number of hydrazine groups is 1. The van der Waals surface area contributed by atoms with Gasteiger partial charge in [-0.2, -0.15) is 0 Å². The van der Waals surface area contributed by atoms with Crippen LogP contribution in [0.15, 0.2) is 30.5 Å². The lowest BCUT2D eigenvalue weighted by Gasteiger charge is -2.41. The number of Topliss-reactive ketones (excluding diaryl/α,β-unsaturated/α-hetero) is 2. The van der Waals surface area contributed by atoms with Gasteiger partial charge in [0, 0.05) is 67.9 Å². The van der Waals surface area contributed by atoms with Gasteiger partial charge in [0.25, 0.3) is 0 Å². The van der Waals surface area contributed by atoms with Gasteiger partial charge in [-0.3, -0.25) is 9.59 Å². The molecule has 1 aromatic carbocycles. The lowest BCUT2D eigenvalue weighted by molar-refractivity contribution is -0.236. The first-order valence-electron chi connectivity index (χ1n) is 20.7. The Balaban J connectivity index is 1.79. The van der Waals surface area contributed by atoms with Gasteiger partial charge in [0.2, 0.25) is 0 Å². The Morgan fingerprint density at radius 1 is 1.11 bits per heavy atom. The molecule has 0 aromatic heterocycles. The van der Waals surface area contributed by atoms with E-state index in [0.717, 1.165) is 12.0 Å². The van der Waals surface area contributed by atoms with Crippen molar-refractivity contribution < 1.29 is 38.1 Å². The van der Waals surface area contributed by atoms with E-state index in [1.54, 1.807) is 44.2 Å². The number of ether oxygens (including phenoxy) is 4. The van der Waals surface area contributed by atoms with Gasteiger partial charge < -0.3 is 50.0 Å². The Morgan fingerprint density at radius 2 is 1.79 bits per heavy atom. The highest BCUT2D eigenvalue weighted by Crippen LogP contribution is 2.41. The van der Waals surface area contributed by atoms with Crippen molar-refractivity contribution in [3.8, 4) is 0 Å². The number of carbonyl (C=O) groups is 4. The summed E-state index contributed by atoms with van der Waals surface area (Å²) in [6.45, 7) is 15.8. The molecule has 0 bridgehead atoms. The SMILES string of the molecule is CCC(OC)[C@@]1(C)OC(=O)N(CCCCN(N)/C=C(\N)c2cccc(N)c2)C1[C@@H](C)C(=O)[C@H](C)CC(C)[C@H](OC1CC(N(C)C)CC(C)O1)C(C)C(=O)C(C)C=O. The molecule has 2 fully saturated rings. The second-order valence-electron chi connectivity index (χ2n) is 17.0. The van der Waals surface area contributed by atoms with Crippen LogP contribution >= 0.6 is 0 Å². The maximum absolute atomic E-state index is 14.5. The van der Waals surface area contributed by atoms with Crippen LogP contribution in [0.2, 0.25) is 0 Å². The predicted molar refractivity (Wildman–Crippen MR) is 222 cm³/mol. The van der Waals surface area contributed by atoms with Crippen LogP contribution in [0.4, 0.5) is 10.5 Å². The fourth-order valence-corrected chi connectivity index (χ4v) is 8.96. The van der Waals surface area contributed by atoms with Crippen LogP contribution in [0.25, 0.3) is 5.70 Å². The van der Waals surface area contributed by atoms with Crippen LogP contribution in [-0.4, -0.2) is 115 Å². The summed E-state index contributed by atoms with van der Waals surface area (Å²) < 4.78 is 24.9. The van der Waals surface area contributed by atoms with Gasteiger partial charge >= 0.3 is 6.09 Å². The molecular weight excluding hydrogens is 729 g/mol. The van der Waals surface area contributed by atoms with Gasteiger partial charge in [0.05, 0.1) is 36.0 Å². The minimum absolute atomic E-state index is 0.0307. The van der Waals surface area contributed by atoms with Crippen molar-refractivity contribution in [2.24, 2.45) is 41.2 Å². The van der Waals surface area contributed by atoms with Crippen LogP contribution in [0.1, 0.15) is 99.5 Å². The minimum Gasteiger partial charge on any atom is -0.438 e. The molecule has 322 valence electrons. The van der Waals surface area contributed by atoms with E-state index >= 15 is 0 Å². The Labute approximate surface area is 341 Å². The molecular formula is C43H72N6O8. The lowest BCUT2D eigenvalue weighted by Crippen LogP contribution is -2.57. The number of amides is 1. The molecule has 2 heterocycles. The number of ketones is 2. The number of aldehydes is 1. The highest BCUT2D eigenvalue weighted by atomic mass is 16.7. The van der Waals surface area contributed by atoms with E-state index in [9.17, 15) is 19.2 Å². The van der Waals surface area contributed by atoms with E-state index in [-0.39, 0.29) is 29.6 Å². The van der Waals surface area contributed by atoms with Crippen LogP contribution in [0.3, 0.4) is 0 Å². The molecule has 0 radical (unpaired) electrons. The zero-order valence-corrected chi connectivity index (χ0v) is 36.3. The fourth-order valence-electron chi connectivity index (χ4n) is 8.96. The van der Waals surface area contributed by atoms with Crippen molar-refractivity contribution >= 4 is 35.3 Å². The lowest BCUT2D eigenvalue weighted by atomic mass is 9.75. The number of nitrogens with two attached hydrogens (primary N) is 3. The summed E-state index contributed by atoms with van der Waals surface area (Å²) in [6.07, 6.45) is 3.92. The molecule has 2 saturated heterocycles. The molecule has 2 aliphatic rings. The Morgan fingerprint density at radius 3 is 2.39 bits per heavy atom. The quantitative estimate of drug-likeness (QED) is 0.0326. The number of hydrogen-bond donors (Lipinski definition) is 3. The fraction of sp³-hybridized carbons (Fsp3) is 0.721. The third kappa shape index (κ3) is 12.2. The van der Waals surface area contributed by atoms with E-state index < -0.39 is 59.9 Å². The summed E-state index contributed by atoms with van der Waals surface area (Å²) in [5.41, 5.74) is 12.9. The molecule has 0 saturated carbocycles. The number of nitrogen functional groups attached to an aromatic ring is 1. The average Bonchev–Trinajstić information content (AvgIpc) is 3.42. The van der Waals surface area contributed by atoms with Crippen molar-refractivity contribution in [3.63, 3.8) is 0 Å². The first kappa shape index (κ1) is 47.8. The van der Waals surface area contributed by atoms with Crippen LogP contribution in [-0.2, 0) is 33.3 Å². The monoisotopic (exact) mass is 801 g/mol. The van der Waals surface area contributed by atoms with Gasteiger partial charge in [-0.25, -0.2) is 10.6 Å². The third-order valence-corrected chi connectivity index (χ3v) is 12.1. The summed E-state index contributed by atoms with van der Waals surface area (Å²) in [7, 11) is 5.66. The topological polar surface area (TPSA) is 193 Å². The van der Waals surface area contributed by atoms with Crippen molar-refractivity contribution in [1.29, 1.82) is 0 Å². The molecule has 8 unspecified atom stereocenters. The van der Waals surface area contributed by atoms with E-state index in [2.05, 4.69) is 4.90 Å². The number of unbranched alkanes of at least 4 members (excludes halogenated alkanes) is 1. The molecule has 1 amide bonds. The minimum atomic E-state index is -1.09. The molecule has 0 aliphatic carbocycles. The Bertz CT molecular complexity index is 1520. The smallest absolute Gasteiger partial charge is 0.410 e. The summed E-state index contributed by atoms with van der Waals surface area (Å²) in [5, 5.41) is 1.52. The Hall–Kier alpha value is -3.56. The molecule has 57 heavy (non-hydrogen) atoms. The molecule has 1 aromatic rings. The number of benzene rings is 1. The maximum Gasteiger partial charge on any atom is 0.410 e. The van der Waals surface area contributed by atoms with Gasteiger partial charge in [0.1, 0.15) is 17.9 Å². The van der Waals surface area contributed by atoms with E-state index in [1.165, 1.54) is 5.01 Å². The zero-order chi connectivity index (χ0) is 42.8. The van der Waals surface area contributed by atoms with Gasteiger partial charge in [0.15, 0.2) is 11.9 Å². The molecule has 6 N–H and O–H groups in total. The van der Waals surface area contributed by atoms with Crippen molar-refractivity contribution in [2.75, 3.05) is 40.0 Å². The van der Waals surface area contributed by atoms with E-state index in [0.29, 0.717) is 62.9 Å². The number of nitrogens with zero attached hydrogens (tertiary/aromatic N) is 3. The van der Waals surface area contributed by atoms with Crippen LogP contribution < -0.4 is 17.3 Å². The number of hydrogen-bond acceptors (Lipinski definition) is 13. The largest absolute Gasteiger partial charge is 0.438 e. The summed E-state index contributed by atoms with van der Waals surface area (Å²) in [5.74, 6) is 3.30. The van der Waals surface area contributed by atoms with Gasteiger partial charge in [-0.15, -0.1) is 0 Å². The van der Waals surface area contributed by atoms with E-state index in [4.69, 9.17) is 36.3 Å². The van der Waals surface area contributed by atoms with Crippen molar-refractivity contribution in [1.82, 2.24) is 14.8 Å². The second-order valence-corrected chi connectivity index (χ2v) is 17.0. The summed E-state index contributed by atoms with van der Waals surface area (Å²) >= 11 is 0. The molecule has 12 atom stereocenters. The third-order valence-electron chi connectivity index (χ3n) is 12.1. The maximum atomic E-state index is 14.5. The highest BCUT2D eigenvalue weighted by Gasteiger charge is 2.58. The predicted octanol–water partition coefficient (Wildman–Crippen LogP) is 5.23. The number of rotatable bonds is 23. The number of cyclic esters (lactones) is 1. The number of methoxy groups -OCH3 is 1. The van der Waals surface area contributed by atoms with Crippen LogP contribution in [0, 0.1) is 29.6 Å². The Kier molecular flexibility index (Phi) is 18.0. The van der Waals surface area contributed by atoms with Gasteiger partial charge in [-0.05, 0) is 85.0 Å². The molecule has 0 spiro atoms. The average molecular weight is 801 g/mol. The molecule has 2 aliphatic heterocycles. The molecule has 3 rings (SSSR count). The van der Waals surface area contributed by atoms with E-state index in [1.807, 2.05) is 67.8 Å². The van der Waals surface area contributed by atoms with Gasteiger partial charge in [-0.1, -0.05) is 46.8 Å². The first-order chi connectivity index (χ1) is 26.8. The van der Waals surface area contributed by atoms with Crippen molar-refractivity contribution in [2.45, 2.75) is 136 Å². The van der Waals surface area contributed by atoms with Crippen LogP contribution in [0.5, 0.6) is 0 Å². The standard InChI is InChI=1S/C43H72N6O8/c1-12-36(54-11)43(8)41(49(42(53)57-43)19-14-13-18-48(46)24-35(45)32-16-15-17-33(44)22-32)31(7)38(51)26(2)20-27(3)40(30(6)39(52)28(4)25-50)56-37-23-34(47(9)10)21-29(5)55-37/h15-17,22,24-31,34,36-37,40-41H,12-14,18-21,23,44-46H2,1-11H3/b35-24-/t26-,27?,28?,29?,30?,31+,34?,36?,37?,40+,41?,43-/m1/s1.